The normalized spacial score (nSPS) is 20.9. The van der Waals surface area contributed by atoms with E-state index in [1.807, 2.05) is 6.92 Å². The molecule has 0 bridgehead atoms. The predicted octanol–water partition coefficient (Wildman–Crippen LogP) is 1.87. The lowest BCUT2D eigenvalue weighted by Gasteiger charge is -2.31. The zero-order chi connectivity index (χ0) is 15.0. The zero-order valence-electron chi connectivity index (χ0n) is 13.5. The van der Waals surface area contributed by atoms with Gasteiger partial charge in [-0.05, 0) is 32.1 Å². The van der Waals surface area contributed by atoms with Crippen molar-refractivity contribution in [3.63, 3.8) is 0 Å². The molecule has 1 fully saturated rings. The predicted molar refractivity (Wildman–Crippen MR) is 86.7 cm³/mol. The van der Waals surface area contributed by atoms with E-state index in [-0.39, 0.29) is 30.0 Å². The van der Waals surface area contributed by atoms with Crippen LogP contribution in [0.3, 0.4) is 0 Å². The molecular weight excluding hydrogens is 292 g/mol. The Hall–Kier alpha value is -0.360. The fourth-order valence-electron chi connectivity index (χ4n) is 2.64. The van der Waals surface area contributed by atoms with Crippen LogP contribution < -0.4 is 11.1 Å². The summed E-state index contributed by atoms with van der Waals surface area (Å²) in [5.41, 5.74) is 5.46. The summed E-state index contributed by atoms with van der Waals surface area (Å²) in [7, 11) is 0. The first kappa shape index (κ1) is 20.6. The summed E-state index contributed by atoms with van der Waals surface area (Å²) in [4.78, 5) is 11.9. The molecule has 1 heterocycles. The van der Waals surface area contributed by atoms with Crippen molar-refractivity contribution in [2.75, 3.05) is 26.4 Å². The Kier molecular flexibility index (Phi) is 10.2. The second-order valence-electron chi connectivity index (χ2n) is 6.37. The molecule has 6 heteroatoms. The lowest BCUT2D eigenvalue weighted by atomic mass is 9.90. The fraction of sp³-hybridized carbons (Fsp3) is 0.933. The van der Waals surface area contributed by atoms with Gasteiger partial charge in [-0.25, -0.2) is 0 Å². The van der Waals surface area contributed by atoms with Gasteiger partial charge in [0.05, 0.1) is 19.3 Å². The Bertz CT molecular complexity index is 297. The average molecular weight is 323 g/mol. The van der Waals surface area contributed by atoms with Crippen molar-refractivity contribution in [3.8, 4) is 0 Å². The van der Waals surface area contributed by atoms with E-state index in [9.17, 15) is 4.79 Å². The maximum atomic E-state index is 11.9. The van der Waals surface area contributed by atoms with E-state index in [0.29, 0.717) is 32.1 Å². The summed E-state index contributed by atoms with van der Waals surface area (Å²) in [5.74, 6) is 0.505. The van der Waals surface area contributed by atoms with E-state index in [1.54, 1.807) is 0 Å². The molecule has 21 heavy (non-hydrogen) atoms. The van der Waals surface area contributed by atoms with Crippen molar-refractivity contribution in [2.45, 2.75) is 58.1 Å². The third-order valence-corrected chi connectivity index (χ3v) is 3.55. The number of halogens is 1. The van der Waals surface area contributed by atoms with E-state index in [0.717, 1.165) is 25.9 Å². The fourth-order valence-corrected chi connectivity index (χ4v) is 2.64. The number of hydrogen-bond acceptors (Lipinski definition) is 4. The van der Waals surface area contributed by atoms with E-state index >= 15 is 0 Å². The molecule has 0 saturated carbocycles. The highest BCUT2D eigenvalue weighted by molar-refractivity contribution is 5.85. The lowest BCUT2D eigenvalue weighted by Crippen LogP contribution is -2.52. The van der Waals surface area contributed by atoms with E-state index in [4.69, 9.17) is 15.2 Å². The van der Waals surface area contributed by atoms with Crippen LogP contribution in [0.15, 0.2) is 0 Å². The minimum absolute atomic E-state index is 0. The maximum absolute atomic E-state index is 11.9. The second-order valence-corrected chi connectivity index (χ2v) is 6.37. The molecule has 0 spiro atoms. The van der Waals surface area contributed by atoms with Gasteiger partial charge in [0.2, 0.25) is 5.91 Å². The number of carbonyl (C=O) groups excluding carboxylic acids is 1. The van der Waals surface area contributed by atoms with Crippen molar-refractivity contribution >= 4 is 18.3 Å². The monoisotopic (exact) mass is 322 g/mol. The van der Waals surface area contributed by atoms with Gasteiger partial charge in [-0.2, -0.15) is 0 Å². The number of nitrogens with one attached hydrogen (secondary N) is 1. The van der Waals surface area contributed by atoms with Gasteiger partial charge in [-0.3, -0.25) is 4.79 Å². The van der Waals surface area contributed by atoms with Crippen LogP contribution in [-0.2, 0) is 14.3 Å². The molecule has 0 aromatic rings. The Morgan fingerprint density at radius 2 is 2.24 bits per heavy atom. The smallest absolute Gasteiger partial charge is 0.222 e. The largest absolute Gasteiger partial charge is 0.378 e. The van der Waals surface area contributed by atoms with Gasteiger partial charge in [-0.1, -0.05) is 13.8 Å². The number of rotatable bonds is 9. The highest BCUT2D eigenvalue weighted by Gasteiger charge is 2.25. The minimum Gasteiger partial charge on any atom is -0.378 e. The number of amides is 1. The van der Waals surface area contributed by atoms with Crippen LogP contribution >= 0.6 is 12.4 Å². The second kappa shape index (κ2) is 10.4. The Labute approximate surface area is 134 Å². The summed E-state index contributed by atoms with van der Waals surface area (Å²) in [5, 5.41) is 3.03. The maximum Gasteiger partial charge on any atom is 0.222 e. The topological polar surface area (TPSA) is 73.6 Å². The van der Waals surface area contributed by atoms with Crippen LogP contribution in [0.5, 0.6) is 0 Å². The summed E-state index contributed by atoms with van der Waals surface area (Å²) in [6, 6.07) is 0. The molecule has 1 aliphatic rings. The minimum atomic E-state index is -0.320. The van der Waals surface area contributed by atoms with Crippen molar-refractivity contribution in [1.82, 2.24) is 5.32 Å². The quantitative estimate of drug-likeness (QED) is 0.636. The van der Waals surface area contributed by atoms with Gasteiger partial charge in [-0.15, -0.1) is 12.4 Å². The van der Waals surface area contributed by atoms with Gasteiger partial charge >= 0.3 is 0 Å². The molecule has 0 aromatic carbocycles. The van der Waals surface area contributed by atoms with Gasteiger partial charge in [0.15, 0.2) is 0 Å². The molecule has 5 nitrogen and oxygen atoms in total. The Morgan fingerprint density at radius 3 is 2.76 bits per heavy atom. The van der Waals surface area contributed by atoms with Crippen molar-refractivity contribution in [1.29, 1.82) is 0 Å². The lowest BCUT2D eigenvalue weighted by molar-refractivity contribution is -0.124. The molecule has 126 valence electrons. The van der Waals surface area contributed by atoms with Crippen LogP contribution in [0, 0.1) is 5.92 Å². The Morgan fingerprint density at radius 1 is 1.52 bits per heavy atom. The average Bonchev–Trinajstić information content (AvgIpc) is 2.86. The van der Waals surface area contributed by atoms with Gasteiger partial charge in [0.25, 0.3) is 0 Å². The van der Waals surface area contributed by atoms with Crippen molar-refractivity contribution < 1.29 is 14.3 Å². The molecule has 0 aliphatic carbocycles. The van der Waals surface area contributed by atoms with E-state index < -0.39 is 0 Å². The molecule has 3 N–H and O–H groups in total. The molecule has 0 aromatic heterocycles. The van der Waals surface area contributed by atoms with Gasteiger partial charge < -0.3 is 20.5 Å². The first-order chi connectivity index (χ1) is 9.45. The van der Waals surface area contributed by atoms with Crippen molar-refractivity contribution in [3.05, 3.63) is 0 Å². The number of carbonyl (C=O) groups is 1. The first-order valence-corrected chi connectivity index (χ1v) is 7.65. The zero-order valence-corrected chi connectivity index (χ0v) is 14.3. The van der Waals surface area contributed by atoms with Crippen LogP contribution in [0.1, 0.15) is 46.5 Å². The van der Waals surface area contributed by atoms with Gasteiger partial charge in [0.1, 0.15) is 0 Å². The summed E-state index contributed by atoms with van der Waals surface area (Å²) < 4.78 is 11.0. The van der Waals surface area contributed by atoms with Crippen LogP contribution in [-0.4, -0.2) is 43.9 Å². The Balaban J connectivity index is 0.00000400. The molecule has 2 unspecified atom stereocenters. The van der Waals surface area contributed by atoms with E-state index in [1.165, 1.54) is 0 Å². The molecule has 1 amide bonds. The molecule has 2 atom stereocenters. The van der Waals surface area contributed by atoms with Gasteiger partial charge in [0, 0.05) is 25.1 Å². The molecule has 1 aliphatic heterocycles. The third-order valence-electron chi connectivity index (χ3n) is 3.55. The number of nitrogens with two attached hydrogens (primary N) is 1. The first-order valence-electron chi connectivity index (χ1n) is 7.65. The third kappa shape index (κ3) is 8.61. The summed E-state index contributed by atoms with van der Waals surface area (Å²) in [6.07, 6.45) is 3.64. The number of hydrogen-bond donors (Lipinski definition) is 2. The summed E-state index contributed by atoms with van der Waals surface area (Å²) in [6.45, 7) is 8.57. The standard InChI is InChI=1S/C15H30N2O3.ClH/c1-12(2)9-15(3,11-16)17-14(18)6-8-19-10-13-5-4-7-20-13;/h12-13H,4-11,16H2,1-3H3,(H,17,18);1H. The highest BCUT2D eigenvalue weighted by Crippen LogP contribution is 2.15. The SMILES string of the molecule is CC(C)CC(C)(CN)NC(=O)CCOCC1CCCO1.Cl. The number of ether oxygens (including phenoxy) is 2. The summed E-state index contributed by atoms with van der Waals surface area (Å²) >= 11 is 0. The molecule has 0 radical (unpaired) electrons. The van der Waals surface area contributed by atoms with Crippen LogP contribution in [0.25, 0.3) is 0 Å². The van der Waals surface area contributed by atoms with Crippen LogP contribution in [0.2, 0.25) is 0 Å². The molecule has 1 rings (SSSR count). The van der Waals surface area contributed by atoms with Crippen molar-refractivity contribution in [2.24, 2.45) is 11.7 Å². The highest BCUT2D eigenvalue weighted by atomic mass is 35.5. The van der Waals surface area contributed by atoms with Crippen LogP contribution in [0.4, 0.5) is 0 Å². The van der Waals surface area contributed by atoms with E-state index in [2.05, 4.69) is 19.2 Å². The molecule has 1 saturated heterocycles. The molecular formula is C15H31ClN2O3.